The van der Waals surface area contributed by atoms with Crippen LogP contribution in [-0.4, -0.2) is 4.98 Å². The van der Waals surface area contributed by atoms with Gasteiger partial charge in [0.1, 0.15) is 22.7 Å². The van der Waals surface area contributed by atoms with Gasteiger partial charge in [0, 0.05) is 16.8 Å². The predicted molar refractivity (Wildman–Crippen MR) is 131 cm³/mol. The van der Waals surface area contributed by atoms with Gasteiger partial charge in [0.05, 0.1) is 18.0 Å². The Bertz CT molecular complexity index is 1540. The number of nitrogens with zero attached hydrogens (tertiary/aromatic N) is 2. The molecule has 0 radical (unpaired) electrons. The van der Waals surface area contributed by atoms with Crippen molar-refractivity contribution in [2.24, 2.45) is 13.0 Å². The number of aromatic nitrogens is 2. The van der Waals surface area contributed by atoms with Crippen molar-refractivity contribution >= 4 is 32.8 Å². The van der Waals surface area contributed by atoms with Gasteiger partial charge in [0.25, 0.3) is 6.33 Å². The molecule has 0 amide bonds. The van der Waals surface area contributed by atoms with Gasteiger partial charge in [0.15, 0.2) is 5.52 Å². The Morgan fingerprint density at radius 3 is 2.61 bits per heavy atom. The molecule has 33 heavy (non-hydrogen) atoms. The number of halogens is 1. The smallest absolute Gasteiger partial charge is 0.287 e. The average molecular weight is 440 g/mol. The van der Waals surface area contributed by atoms with E-state index in [0.29, 0.717) is 5.58 Å². The Kier molecular flexibility index (Phi) is 4.72. The fraction of sp³-hybridized carbons (Fsp3) is 0.310. The van der Waals surface area contributed by atoms with Crippen LogP contribution < -0.4 is 4.57 Å². The summed E-state index contributed by atoms with van der Waals surface area (Å²) in [6.45, 7) is 4.27. The van der Waals surface area contributed by atoms with E-state index < -0.39 is 0 Å². The van der Waals surface area contributed by atoms with Crippen LogP contribution in [0.2, 0.25) is 0 Å². The topological polar surface area (TPSA) is 29.9 Å². The van der Waals surface area contributed by atoms with E-state index in [1.165, 1.54) is 54.5 Å². The summed E-state index contributed by atoms with van der Waals surface area (Å²) in [5.74, 6) is 0.516. The molecule has 2 aromatic heterocycles. The van der Waals surface area contributed by atoms with Crippen molar-refractivity contribution in [2.45, 2.75) is 46.0 Å². The van der Waals surface area contributed by atoms with E-state index in [1.807, 2.05) is 19.4 Å². The van der Waals surface area contributed by atoms with Crippen molar-refractivity contribution in [1.29, 1.82) is 0 Å². The maximum absolute atomic E-state index is 13.9. The van der Waals surface area contributed by atoms with Gasteiger partial charge in [-0.2, -0.15) is 0 Å². The molecule has 1 aliphatic carbocycles. The Morgan fingerprint density at radius 1 is 1.00 bits per heavy atom. The van der Waals surface area contributed by atoms with Gasteiger partial charge < -0.3 is 4.42 Å². The molecule has 0 spiro atoms. The quantitative estimate of drug-likeness (QED) is 0.280. The van der Waals surface area contributed by atoms with Crippen LogP contribution in [0.4, 0.5) is 4.39 Å². The zero-order chi connectivity index (χ0) is 22.7. The average Bonchev–Trinajstić information content (AvgIpc) is 3.43. The molecular formula is C29H28FN2O+. The second-order valence-corrected chi connectivity index (χ2v) is 9.72. The SMILES string of the molecule is Cc1cc2c(oc3cc(F)ccc32)c(-c2c3ccc(CC4CCCC4)cc3nc[n+]2C)c1C. The highest BCUT2D eigenvalue weighted by Crippen LogP contribution is 2.40. The monoisotopic (exact) mass is 439 g/mol. The minimum atomic E-state index is -0.286. The molecular weight excluding hydrogens is 411 g/mol. The summed E-state index contributed by atoms with van der Waals surface area (Å²) in [4.78, 5) is 4.77. The van der Waals surface area contributed by atoms with Crippen molar-refractivity contribution in [3.8, 4) is 11.3 Å². The minimum absolute atomic E-state index is 0.286. The molecule has 2 heterocycles. The predicted octanol–water partition coefficient (Wildman–Crippen LogP) is 7.11. The molecule has 0 aliphatic heterocycles. The molecule has 0 unspecified atom stereocenters. The number of hydrogen-bond donors (Lipinski definition) is 0. The lowest BCUT2D eigenvalue weighted by Crippen LogP contribution is -2.32. The number of rotatable bonds is 3. The maximum Gasteiger partial charge on any atom is 0.287 e. The third-order valence-corrected chi connectivity index (χ3v) is 7.52. The first-order valence-electron chi connectivity index (χ1n) is 11.9. The van der Waals surface area contributed by atoms with Gasteiger partial charge in [-0.3, -0.25) is 0 Å². The summed E-state index contributed by atoms with van der Waals surface area (Å²) in [7, 11) is 2.03. The van der Waals surface area contributed by atoms with Crippen LogP contribution >= 0.6 is 0 Å². The first kappa shape index (κ1) is 20.3. The molecule has 0 atom stereocenters. The fourth-order valence-electron chi connectivity index (χ4n) is 5.66. The van der Waals surface area contributed by atoms with E-state index in [1.54, 1.807) is 0 Å². The molecule has 6 rings (SSSR count). The highest BCUT2D eigenvalue weighted by Gasteiger charge is 2.24. The van der Waals surface area contributed by atoms with Crippen molar-refractivity contribution in [3.63, 3.8) is 0 Å². The van der Waals surface area contributed by atoms with Crippen LogP contribution in [0.25, 0.3) is 44.1 Å². The Hall–Kier alpha value is -3.27. The summed E-state index contributed by atoms with van der Waals surface area (Å²) in [6, 6.07) is 13.7. The number of benzene rings is 3. The first-order chi connectivity index (χ1) is 16.0. The van der Waals surface area contributed by atoms with E-state index >= 15 is 0 Å². The van der Waals surface area contributed by atoms with E-state index in [9.17, 15) is 4.39 Å². The molecule has 4 heteroatoms. The largest absolute Gasteiger partial charge is 0.455 e. The second-order valence-electron chi connectivity index (χ2n) is 9.72. The standard InChI is InChI=1S/C29H28FN2O/c1-17-12-24-22-11-9-21(30)15-26(22)33-29(24)27(18(17)2)28-23-10-8-20(13-19-6-4-5-7-19)14-25(23)31-16-32(28)3/h8-12,14-16,19H,4-7,13H2,1-3H3/q+1. The summed E-state index contributed by atoms with van der Waals surface area (Å²) < 4.78 is 22.3. The van der Waals surface area contributed by atoms with Crippen molar-refractivity contribution in [3.05, 3.63) is 71.3 Å². The zero-order valence-corrected chi connectivity index (χ0v) is 19.4. The summed E-state index contributed by atoms with van der Waals surface area (Å²) >= 11 is 0. The number of fused-ring (bicyclic) bond motifs is 4. The normalized spacial score (nSPS) is 14.8. The molecule has 0 bridgehead atoms. The Morgan fingerprint density at radius 2 is 1.79 bits per heavy atom. The zero-order valence-electron chi connectivity index (χ0n) is 19.4. The molecule has 1 fully saturated rings. The molecule has 3 nitrogen and oxygen atoms in total. The fourth-order valence-corrected chi connectivity index (χ4v) is 5.66. The molecule has 5 aromatic rings. The van der Waals surface area contributed by atoms with Gasteiger partial charge in [-0.25, -0.2) is 8.96 Å². The summed E-state index contributed by atoms with van der Waals surface area (Å²) in [5.41, 5.74) is 8.25. The van der Waals surface area contributed by atoms with Gasteiger partial charge in [-0.15, -0.1) is 0 Å². The molecule has 1 saturated carbocycles. The molecule has 166 valence electrons. The van der Waals surface area contributed by atoms with E-state index in [2.05, 4.69) is 42.7 Å². The van der Waals surface area contributed by atoms with Gasteiger partial charge in [-0.05, 0) is 78.2 Å². The maximum atomic E-state index is 13.9. The Balaban J connectivity index is 1.60. The second kappa shape index (κ2) is 7.65. The summed E-state index contributed by atoms with van der Waals surface area (Å²) in [5, 5.41) is 3.07. The lowest BCUT2D eigenvalue weighted by Gasteiger charge is -2.13. The van der Waals surface area contributed by atoms with Crippen molar-refractivity contribution in [2.75, 3.05) is 0 Å². The highest BCUT2D eigenvalue weighted by atomic mass is 19.1. The van der Waals surface area contributed by atoms with Crippen LogP contribution in [0.5, 0.6) is 0 Å². The minimum Gasteiger partial charge on any atom is -0.455 e. The number of aryl methyl sites for hydroxylation is 2. The summed E-state index contributed by atoms with van der Waals surface area (Å²) in [6.07, 6.45) is 8.44. The highest BCUT2D eigenvalue weighted by molar-refractivity contribution is 6.12. The number of furan rings is 1. The van der Waals surface area contributed by atoms with E-state index in [0.717, 1.165) is 50.9 Å². The lowest BCUT2D eigenvalue weighted by atomic mass is 9.93. The first-order valence-corrected chi connectivity index (χ1v) is 11.9. The van der Waals surface area contributed by atoms with Crippen molar-refractivity contribution in [1.82, 2.24) is 4.98 Å². The van der Waals surface area contributed by atoms with E-state index in [4.69, 9.17) is 9.40 Å². The third kappa shape index (κ3) is 3.31. The number of hydrogen-bond acceptors (Lipinski definition) is 2. The van der Waals surface area contributed by atoms with Crippen LogP contribution in [0.3, 0.4) is 0 Å². The van der Waals surface area contributed by atoms with Gasteiger partial charge in [-0.1, -0.05) is 31.7 Å². The van der Waals surface area contributed by atoms with Crippen molar-refractivity contribution < 1.29 is 13.4 Å². The van der Waals surface area contributed by atoms with Crippen LogP contribution in [-0.2, 0) is 13.5 Å². The van der Waals surface area contributed by atoms with E-state index in [-0.39, 0.29) is 5.82 Å². The molecule has 0 N–H and O–H groups in total. The van der Waals surface area contributed by atoms with Crippen LogP contribution in [0.15, 0.2) is 53.2 Å². The third-order valence-electron chi connectivity index (χ3n) is 7.52. The molecule has 0 saturated heterocycles. The molecule has 1 aliphatic rings. The van der Waals surface area contributed by atoms with Crippen LogP contribution in [0.1, 0.15) is 42.4 Å². The van der Waals surface area contributed by atoms with Crippen LogP contribution in [0, 0.1) is 25.6 Å². The lowest BCUT2D eigenvalue weighted by molar-refractivity contribution is -0.662. The van der Waals surface area contributed by atoms with Gasteiger partial charge >= 0.3 is 0 Å². The molecule has 3 aromatic carbocycles. The van der Waals surface area contributed by atoms with Gasteiger partial charge in [0.2, 0.25) is 0 Å². The Labute approximate surface area is 192 Å².